The molecule has 0 bridgehead atoms. The van der Waals surface area contributed by atoms with Crippen LogP contribution in [0.25, 0.3) is 0 Å². The number of hydrogen-bond donors (Lipinski definition) is 1. The SMILES string of the molecule is CN(Cc1nccc(N)n1)C1CCCN(c2ccc(C#N)cc2)CC1. The first kappa shape index (κ1) is 17.2. The van der Waals surface area contributed by atoms with Crippen molar-refractivity contribution in [2.75, 3.05) is 30.8 Å². The van der Waals surface area contributed by atoms with Crippen LogP contribution in [0.1, 0.15) is 30.7 Å². The summed E-state index contributed by atoms with van der Waals surface area (Å²) in [6, 6.07) is 12.3. The molecule has 0 amide bonds. The Hall–Kier alpha value is -2.65. The zero-order valence-electron chi connectivity index (χ0n) is 14.6. The summed E-state index contributed by atoms with van der Waals surface area (Å²) in [7, 11) is 2.13. The fourth-order valence-electron chi connectivity index (χ4n) is 3.37. The fourth-order valence-corrected chi connectivity index (χ4v) is 3.37. The highest BCUT2D eigenvalue weighted by Crippen LogP contribution is 2.22. The average molecular weight is 336 g/mol. The number of benzene rings is 1. The molecule has 0 radical (unpaired) electrons. The molecule has 1 unspecified atom stereocenters. The maximum Gasteiger partial charge on any atom is 0.144 e. The van der Waals surface area contributed by atoms with E-state index in [0.717, 1.165) is 38.2 Å². The smallest absolute Gasteiger partial charge is 0.144 e. The van der Waals surface area contributed by atoms with Crippen LogP contribution in [0.15, 0.2) is 36.5 Å². The number of nitrogens with zero attached hydrogens (tertiary/aromatic N) is 5. The number of nitrogens with two attached hydrogens (primary N) is 1. The molecule has 0 spiro atoms. The normalized spacial score (nSPS) is 18.0. The number of rotatable bonds is 4. The van der Waals surface area contributed by atoms with E-state index in [1.807, 2.05) is 24.3 Å². The van der Waals surface area contributed by atoms with Crippen LogP contribution in [0.5, 0.6) is 0 Å². The van der Waals surface area contributed by atoms with Crippen LogP contribution in [0.4, 0.5) is 11.5 Å². The molecule has 1 aromatic carbocycles. The maximum atomic E-state index is 8.93. The van der Waals surface area contributed by atoms with Crippen LogP contribution >= 0.6 is 0 Å². The molecule has 2 N–H and O–H groups in total. The third-order valence-corrected chi connectivity index (χ3v) is 4.80. The molecule has 1 fully saturated rings. The molecule has 6 nitrogen and oxygen atoms in total. The summed E-state index contributed by atoms with van der Waals surface area (Å²) in [5.74, 6) is 1.29. The summed E-state index contributed by atoms with van der Waals surface area (Å²) in [6.45, 7) is 2.77. The molecule has 3 rings (SSSR count). The second kappa shape index (κ2) is 7.95. The quantitative estimate of drug-likeness (QED) is 0.923. The van der Waals surface area contributed by atoms with Crippen LogP contribution in [-0.4, -0.2) is 41.0 Å². The topological polar surface area (TPSA) is 82.1 Å². The van der Waals surface area contributed by atoms with Gasteiger partial charge in [-0.05, 0) is 56.6 Å². The molecule has 130 valence electrons. The molecule has 1 aliphatic rings. The van der Waals surface area contributed by atoms with E-state index in [1.165, 1.54) is 5.69 Å². The van der Waals surface area contributed by atoms with E-state index in [-0.39, 0.29) is 0 Å². The first-order valence-electron chi connectivity index (χ1n) is 8.68. The van der Waals surface area contributed by atoms with Gasteiger partial charge in [0.1, 0.15) is 11.6 Å². The molecule has 6 heteroatoms. The van der Waals surface area contributed by atoms with Gasteiger partial charge in [-0.25, -0.2) is 9.97 Å². The van der Waals surface area contributed by atoms with E-state index in [9.17, 15) is 0 Å². The minimum Gasteiger partial charge on any atom is -0.384 e. The molecular formula is C19H24N6. The van der Waals surface area contributed by atoms with Crippen molar-refractivity contribution in [1.82, 2.24) is 14.9 Å². The van der Waals surface area contributed by atoms with Gasteiger partial charge in [-0.15, -0.1) is 0 Å². The highest BCUT2D eigenvalue weighted by Gasteiger charge is 2.21. The van der Waals surface area contributed by atoms with Gasteiger partial charge in [-0.1, -0.05) is 0 Å². The predicted octanol–water partition coefficient (Wildman–Crippen LogP) is 2.42. The summed E-state index contributed by atoms with van der Waals surface area (Å²) in [5, 5.41) is 8.93. The van der Waals surface area contributed by atoms with Gasteiger partial charge in [0.15, 0.2) is 0 Å². The first-order chi connectivity index (χ1) is 12.2. The molecule has 0 aliphatic carbocycles. The second-order valence-corrected chi connectivity index (χ2v) is 6.54. The van der Waals surface area contributed by atoms with Crippen LogP contribution in [0.3, 0.4) is 0 Å². The van der Waals surface area contributed by atoms with Gasteiger partial charge < -0.3 is 10.6 Å². The minimum atomic E-state index is 0.508. The molecule has 1 atom stereocenters. The fraction of sp³-hybridized carbons (Fsp3) is 0.421. The van der Waals surface area contributed by atoms with E-state index in [4.69, 9.17) is 11.0 Å². The summed E-state index contributed by atoms with van der Waals surface area (Å²) >= 11 is 0. The Morgan fingerprint density at radius 1 is 1.24 bits per heavy atom. The van der Waals surface area contributed by atoms with Crippen LogP contribution in [-0.2, 0) is 6.54 Å². The highest BCUT2D eigenvalue weighted by atomic mass is 15.2. The predicted molar refractivity (Wildman–Crippen MR) is 98.9 cm³/mol. The molecule has 1 aliphatic heterocycles. The van der Waals surface area contributed by atoms with Crippen molar-refractivity contribution in [2.24, 2.45) is 0 Å². The molecule has 0 saturated carbocycles. The number of anilines is 2. The van der Waals surface area contributed by atoms with Crippen LogP contribution in [0.2, 0.25) is 0 Å². The van der Waals surface area contributed by atoms with E-state index in [2.05, 4.69) is 32.9 Å². The van der Waals surface area contributed by atoms with Crippen molar-refractivity contribution in [3.05, 3.63) is 47.9 Å². The van der Waals surface area contributed by atoms with Crippen molar-refractivity contribution >= 4 is 11.5 Å². The van der Waals surface area contributed by atoms with Crippen molar-refractivity contribution < 1.29 is 0 Å². The Morgan fingerprint density at radius 3 is 2.76 bits per heavy atom. The van der Waals surface area contributed by atoms with Crippen LogP contribution < -0.4 is 10.6 Å². The van der Waals surface area contributed by atoms with Gasteiger partial charge in [-0.3, -0.25) is 4.90 Å². The van der Waals surface area contributed by atoms with Gasteiger partial charge in [0.2, 0.25) is 0 Å². The number of hydrogen-bond acceptors (Lipinski definition) is 6. The van der Waals surface area contributed by atoms with E-state index in [1.54, 1.807) is 12.3 Å². The summed E-state index contributed by atoms with van der Waals surface area (Å²) in [5.41, 5.74) is 7.65. The first-order valence-corrected chi connectivity index (χ1v) is 8.68. The Bertz CT molecular complexity index is 736. The molecule has 1 saturated heterocycles. The lowest BCUT2D eigenvalue weighted by atomic mass is 10.1. The number of aromatic nitrogens is 2. The third-order valence-electron chi connectivity index (χ3n) is 4.80. The molecule has 2 heterocycles. The van der Waals surface area contributed by atoms with E-state index < -0.39 is 0 Å². The van der Waals surface area contributed by atoms with Gasteiger partial charge in [0.25, 0.3) is 0 Å². The Morgan fingerprint density at radius 2 is 2.04 bits per heavy atom. The Labute approximate surface area is 148 Å². The van der Waals surface area contributed by atoms with Crippen LogP contribution in [0, 0.1) is 11.3 Å². The summed E-state index contributed by atoms with van der Waals surface area (Å²) < 4.78 is 0. The minimum absolute atomic E-state index is 0.508. The van der Waals surface area contributed by atoms with Crippen molar-refractivity contribution in [3.63, 3.8) is 0 Å². The number of nitrogen functional groups attached to an aromatic ring is 1. The Kier molecular flexibility index (Phi) is 5.46. The lowest BCUT2D eigenvalue weighted by Gasteiger charge is -2.27. The Balaban J connectivity index is 1.59. The molecule has 2 aromatic rings. The molecule has 1 aromatic heterocycles. The average Bonchev–Trinajstić information content (AvgIpc) is 2.88. The zero-order chi connectivity index (χ0) is 17.6. The standard InChI is InChI=1S/C19H24N6/c1-24(14-19-22-10-8-18(21)23-19)16-3-2-11-25(12-9-16)17-6-4-15(13-20)5-7-17/h4-8,10,16H,2-3,9,11-12,14H2,1H3,(H2,21,22,23). The lowest BCUT2D eigenvalue weighted by molar-refractivity contribution is 0.212. The molecule has 25 heavy (non-hydrogen) atoms. The lowest BCUT2D eigenvalue weighted by Crippen LogP contribution is -2.33. The van der Waals surface area contributed by atoms with Crippen molar-refractivity contribution in [2.45, 2.75) is 31.8 Å². The summed E-state index contributed by atoms with van der Waals surface area (Å²) in [4.78, 5) is 13.3. The zero-order valence-corrected chi connectivity index (χ0v) is 14.6. The largest absolute Gasteiger partial charge is 0.384 e. The number of nitriles is 1. The van der Waals surface area contributed by atoms with E-state index >= 15 is 0 Å². The second-order valence-electron chi connectivity index (χ2n) is 6.54. The maximum absolute atomic E-state index is 8.93. The monoisotopic (exact) mass is 336 g/mol. The van der Waals surface area contributed by atoms with Gasteiger partial charge in [0, 0.05) is 31.0 Å². The van der Waals surface area contributed by atoms with Gasteiger partial charge >= 0.3 is 0 Å². The van der Waals surface area contributed by atoms with Crippen molar-refractivity contribution in [1.29, 1.82) is 5.26 Å². The van der Waals surface area contributed by atoms with E-state index in [0.29, 0.717) is 24.0 Å². The highest BCUT2D eigenvalue weighted by molar-refractivity contribution is 5.49. The molecular weight excluding hydrogens is 312 g/mol. The third kappa shape index (κ3) is 4.46. The van der Waals surface area contributed by atoms with Gasteiger partial charge in [-0.2, -0.15) is 5.26 Å². The van der Waals surface area contributed by atoms with Crippen molar-refractivity contribution in [3.8, 4) is 6.07 Å². The van der Waals surface area contributed by atoms with Gasteiger partial charge in [0.05, 0.1) is 18.2 Å². The summed E-state index contributed by atoms with van der Waals surface area (Å²) in [6.07, 6.45) is 5.11.